The first kappa shape index (κ1) is 21.4. The lowest BCUT2D eigenvalue weighted by atomic mass is 10.0. The molecule has 0 aliphatic rings. The molecular formula is C17H35NO4. The van der Waals surface area contributed by atoms with Crippen molar-refractivity contribution in [3.63, 3.8) is 0 Å². The largest absolute Gasteiger partial charge is 0.480 e. The normalized spacial score (nSPS) is 11.8. The lowest BCUT2D eigenvalue weighted by Crippen LogP contribution is -2.47. The van der Waals surface area contributed by atoms with Crippen LogP contribution in [0.2, 0.25) is 0 Å². The van der Waals surface area contributed by atoms with Gasteiger partial charge in [0.1, 0.15) is 0 Å². The number of carboxylic acids is 1. The van der Waals surface area contributed by atoms with Gasteiger partial charge in [0.25, 0.3) is 0 Å². The van der Waals surface area contributed by atoms with Gasteiger partial charge < -0.3 is 15.3 Å². The summed E-state index contributed by atoms with van der Waals surface area (Å²) in [6.45, 7) is 1.80. The average Bonchev–Trinajstić information content (AvgIpc) is 2.46. The molecule has 5 nitrogen and oxygen atoms in total. The van der Waals surface area contributed by atoms with Crippen LogP contribution in [-0.2, 0) is 4.79 Å². The van der Waals surface area contributed by atoms with E-state index in [1.807, 2.05) is 0 Å². The third kappa shape index (κ3) is 15.7. The molecular weight excluding hydrogens is 282 g/mol. The van der Waals surface area contributed by atoms with E-state index in [9.17, 15) is 15.0 Å². The Hall–Kier alpha value is -0.650. The second kappa shape index (κ2) is 14.0. The summed E-state index contributed by atoms with van der Waals surface area (Å²) in [4.78, 5) is 10.3. The zero-order valence-electron chi connectivity index (χ0n) is 14.1. The van der Waals surface area contributed by atoms with Crippen LogP contribution < -0.4 is 5.32 Å². The summed E-state index contributed by atoms with van der Waals surface area (Å²) in [5.74, 6) is -3.15. The van der Waals surface area contributed by atoms with Gasteiger partial charge in [0.2, 0.25) is 5.91 Å². The van der Waals surface area contributed by atoms with E-state index >= 15 is 0 Å². The Bertz CT molecular complexity index is 269. The molecule has 4 N–H and O–H groups in total. The average molecular weight is 317 g/mol. The summed E-state index contributed by atoms with van der Waals surface area (Å²) in [5, 5.41) is 29.7. The van der Waals surface area contributed by atoms with Crippen LogP contribution >= 0.6 is 0 Å². The number of unbranched alkanes of at least 4 members (excludes halogenated alkanes) is 11. The Balaban J connectivity index is 3.27. The van der Waals surface area contributed by atoms with Crippen molar-refractivity contribution in [2.24, 2.45) is 0 Å². The Morgan fingerprint density at radius 3 is 1.64 bits per heavy atom. The van der Waals surface area contributed by atoms with Gasteiger partial charge in [-0.2, -0.15) is 0 Å². The minimum absolute atomic E-state index is 0.164. The van der Waals surface area contributed by atoms with E-state index < -0.39 is 18.4 Å². The Kier molecular flexibility index (Phi) is 13.6. The number of nitrogens with one attached hydrogen (secondary N) is 1. The number of hydrogen-bond acceptors (Lipinski definition) is 4. The molecule has 5 heteroatoms. The minimum Gasteiger partial charge on any atom is -0.480 e. The first-order chi connectivity index (χ1) is 10.5. The summed E-state index contributed by atoms with van der Waals surface area (Å²) < 4.78 is 0. The highest BCUT2D eigenvalue weighted by Crippen LogP contribution is 2.14. The van der Waals surface area contributed by atoms with Gasteiger partial charge in [-0.1, -0.05) is 77.6 Å². The molecule has 0 radical (unpaired) electrons. The smallest absolute Gasteiger partial charge is 0.317 e. The number of aliphatic carboxylic acids is 1. The highest BCUT2D eigenvalue weighted by Gasteiger charge is 2.22. The van der Waals surface area contributed by atoms with Crippen molar-refractivity contribution in [1.82, 2.24) is 5.32 Å². The molecule has 0 aromatic heterocycles. The first-order valence-corrected chi connectivity index (χ1v) is 8.89. The Morgan fingerprint density at radius 1 is 0.818 bits per heavy atom. The standard InChI is InChI=1S/C17H35NO4/c1-2-3-4-5-6-7-8-9-10-11-12-13-14-17(21,22)18-15-16(19)20/h18,21-22H,2-15H2,1H3,(H,19,20). The number of aliphatic hydroxyl groups is 2. The number of carboxylic acid groups (broad SMARTS) is 1. The predicted molar refractivity (Wildman–Crippen MR) is 88.5 cm³/mol. The topological polar surface area (TPSA) is 89.8 Å². The molecule has 0 bridgehead atoms. The molecule has 0 atom stereocenters. The van der Waals surface area contributed by atoms with Crippen molar-refractivity contribution in [1.29, 1.82) is 0 Å². The maximum Gasteiger partial charge on any atom is 0.317 e. The summed E-state index contributed by atoms with van der Waals surface area (Å²) in [7, 11) is 0. The van der Waals surface area contributed by atoms with Gasteiger partial charge in [-0.05, 0) is 6.42 Å². The first-order valence-electron chi connectivity index (χ1n) is 8.89. The Morgan fingerprint density at radius 2 is 1.23 bits per heavy atom. The van der Waals surface area contributed by atoms with Crippen molar-refractivity contribution in [2.75, 3.05) is 6.54 Å². The molecule has 0 heterocycles. The fourth-order valence-electron chi connectivity index (χ4n) is 2.52. The highest BCUT2D eigenvalue weighted by atomic mass is 16.5. The summed E-state index contributed by atoms with van der Waals surface area (Å²) in [5.41, 5.74) is 0. The molecule has 132 valence electrons. The van der Waals surface area contributed by atoms with Gasteiger partial charge >= 0.3 is 5.97 Å². The van der Waals surface area contributed by atoms with Gasteiger partial charge in [-0.15, -0.1) is 0 Å². The molecule has 0 aliphatic carbocycles. The van der Waals surface area contributed by atoms with Crippen molar-refractivity contribution < 1.29 is 20.1 Å². The quantitative estimate of drug-likeness (QED) is 0.259. The van der Waals surface area contributed by atoms with Crippen LogP contribution in [0.1, 0.15) is 90.4 Å². The number of hydrogen-bond donors (Lipinski definition) is 4. The molecule has 0 rings (SSSR count). The highest BCUT2D eigenvalue weighted by molar-refractivity contribution is 5.69. The van der Waals surface area contributed by atoms with Crippen LogP contribution in [0.15, 0.2) is 0 Å². The molecule has 0 amide bonds. The molecule has 0 saturated carbocycles. The molecule has 0 unspecified atom stereocenters. The summed E-state index contributed by atoms with van der Waals surface area (Å²) >= 11 is 0. The second-order valence-electron chi connectivity index (χ2n) is 6.20. The van der Waals surface area contributed by atoms with E-state index in [0.717, 1.165) is 12.8 Å². The van der Waals surface area contributed by atoms with Crippen molar-refractivity contribution in [2.45, 2.75) is 96.3 Å². The van der Waals surface area contributed by atoms with Gasteiger partial charge in [0.05, 0.1) is 6.54 Å². The maximum absolute atomic E-state index is 10.3. The molecule has 0 fully saturated rings. The zero-order valence-corrected chi connectivity index (χ0v) is 14.1. The van der Waals surface area contributed by atoms with E-state index in [0.29, 0.717) is 6.42 Å². The monoisotopic (exact) mass is 317 g/mol. The van der Waals surface area contributed by atoms with Gasteiger partial charge in [0.15, 0.2) is 0 Å². The third-order valence-electron chi connectivity index (χ3n) is 3.90. The van der Waals surface area contributed by atoms with Gasteiger partial charge in [-0.25, -0.2) is 0 Å². The van der Waals surface area contributed by atoms with Crippen LogP contribution in [0.5, 0.6) is 0 Å². The fourth-order valence-corrected chi connectivity index (χ4v) is 2.52. The van der Waals surface area contributed by atoms with Crippen molar-refractivity contribution in [3.05, 3.63) is 0 Å². The van der Waals surface area contributed by atoms with Gasteiger partial charge in [-0.3, -0.25) is 10.1 Å². The van der Waals surface area contributed by atoms with E-state index in [-0.39, 0.29) is 6.42 Å². The minimum atomic E-state index is -2.06. The fraction of sp³-hybridized carbons (Fsp3) is 0.941. The van der Waals surface area contributed by atoms with Crippen molar-refractivity contribution in [3.8, 4) is 0 Å². The molecule has 0 spiro atoms. The molecule has 0 saturated heterocycles. The molecule has 0 aromatic carbocycles. The maximum atomic E-state index is 10.3. The van der Waals surface area contributed by atoms with Crippen molar-refractivity contribution >= 4 is 5.97 Å². The lowest BCUT2D eigenvalue weighted by molar-refractivity contribution is -0.193. The predicted octanol–water partition coefficient (Wildman–Crippen LogP) is 3.39. The summed E-state index contributed by atoms with van der Waals surface area (Å²) in [6.07, 6.45) is 14.8. The lowest BCUT2D eigenvalue weighted by Gasteiger charge is -2.21. The number of rotatable bonds is 16. The SMILES string of the molecule is CCCCCCCCCCCCCCC(O)(O)NCC(=O)O. The molecule has 22 heavy (non-hydrogen) atoms. The molecule has 0 aliphatic heterocycles. The third-order valence-corrected chi connectivity index (χ3v) is 3.90. The van der Waals surface area contributed by atoms with Crippen LogP contribution in [0.25, 0.3) is 0 Å². The van der Waals surface area contributed by atoms with Crippen LogP contribution in [-0.4, -0.2) is 33.7 Å². The Labute approximate surface area is 135 Å². The van der Waals surface area contributed by atoms with Crippen LogP contribution in [0.3, 0.4) is 0 Å². The van der Waals surface area contributed by atoms with E-state index in [1.54, 1.807) is 0 Å². The van der Waals surface area contributed by atoms with Gasteiger partial charge in [0, 0.05) is 6.42 Å². The molecule has 0 aromatic rings. The summed E-state index contributed by atoms with van der Waals surface area (Å²) in [6, 6.07) is 0. The van der Waals surface area contributed by atoms with Crippen LogP contribution in [0.4, 0.5) is 0 Å². The zero-order chi connectivity index (χ0) is 16.7. The van der Waals surface area contributed by atoms with E-state index in [2.05, 4.69) is 12.2 Å². The van der Waals surface area contributed by atoms with Crippen LogP contribution in [0, 0.1) is 0 Å². The van der Waals surface area contributed by atoms with E-state index in [4.69, 9.17) is 5.11 Å². The number of carbonyl (C=O) groups is 1. The second-order valence-corrected chi connectivity index (χ2v) is 6.20. The van der Waals surface area contributed by atoms with E-state index in [1.165, 1.54) is 57.8 Å².